The SMILES string of the molecule is CC(C)c1nnc2n1CC(NC(=O)C1CC3CCCC(C1)C3N)CC2.Cl. The molecule has 1 aromatic heterocycles. The molecular formula is C19H32ClN5O. The van der Waals surface area contributed by atoms with Crippen molar-refractivity contribution in [3.8, 4) is 0 Å². The predicted molar refractivity (Wildman–Crippen MR) is 103 cm³/mol. The molecule has 3 unspecified atom stereocenters. The molecular weight excluding hydrogens is 350 g/mol. The highest BCUT2D eigenvalue weighted by molar-refractivity contribution is 5.85. The van der Waals surface area contributed by atoms with E-state index in [-0.39, 0.29) is 30.3 Å². The van der Waals surface area contributed by atoms with E-state index in [0.717, 1.165) is 43.9 Å². The summed E-state index contributed by atoms with van der Waals surface area (Å²) >= 11 is 0. The highest BCUT2D eigenvalue weighted by atomic mass is 35.5. The summed E-state index contributed by atoms with van der Waals surface area (Å²) in [5.41, 5.74) is 6.37. The number of aryl methyl sites for hydroxylation is 1. The summed E-state index contributed by atoms with van der Waals surface area (Å²) in [6.07, 6.45) is 7.50. The Morgan fingerprint density at radius 1 is 1.19 bits per heavy atom. The minimum absolute atomic E-state index is 0. The fraction of sp³-hybridized carbons (Fsp3) is 0.842. The van der Waals surface area contributed by atoms with Crippen LogP contribution in [0.3, 0.4) is 0 Å². The van der Waals surface area contributed by atoms with Crippen molar-refractivity contribution < 1.29 is 4.79 Å². The third-order valence-corrected chi connectivity index (χ3v) is 6.62. The van der Waals surface area contributed by atoms with E-state index in [2.05, 4.69) is 33.9 Å². The van der Waals surface area contributed by atoms with Crippen LogP contribution in [-0.4, -0.2) is 32.8 Å². The van der Waals surface area contributed by atoms with Crippen molar-refractivity contribution in [2.24, 2.45) is 23.5 Å². The number of fused-ring (bicyclic) bond motifs is 3. The van der Waals surface area contributed by atoms with Gasteiger partial charge in [0.1, 0.15) is 11.6 Å². The normalized spacial score (nSPS) is 33.3. The average molecular weight is 382 g/mol. The first-order valence-electron chi connectivity index (χ1n) is 10.0. The Balaban J connectivity index is 0.00000196. The zero-order valence-electron chi connectivity index (χ0n) is 15.9. The minimum Gasteiger partial charge on any atom is -0.351 e. The molecule has 0 aromatic carbocycles. The van der Waals surface area contributed by atoms with Gasteiger partial charge in [0, 0.05) is 36.9 Å². The third kappa shape index (κ3) is 3.63. The summed E-state index contributed by atoms with van der Waals surface area (Å²) in [7, 11) is 0. The van der Waals surface area contributed by atoms with Gasteiger partial charge in [0.15, 0.2) is 0 Å². The van der Waals surface area contributed by atoms with Crippen LogP contribution in [-0.2, 0) is 17.8 Å². The van der Waals surface area contributed by atoms with Gasteiger partial charge in [-0.05, 0) is 43.9 Å². The van der Waals surface area contributed by atoms with Crippen LogP contribution in [0.25, 0.3) is 0 Å². The molecule has 3 atom stereocenters. The lowest BCUT2D eigenvalue weighted by Crippen LogP contribution is -2.51. The Bertz CT molecular complexity index is 632. The molecule has 26 heavy (non-hydrogen) atoms. The van der Waals surface area contributed by atoms with Gasteiger partial charge in [-0.3, -0.25) is 4.79 Å². The number of carbonyl (C=O) groups excluding carboxylic acids is 1. The van der Waals surface area contributed by atoms with Crippen LogP contribution in [0.4, 0.5) is 0 Å². The Hall–Kier alpha value is -1.14. The molecule has 2 bridgehead atoms. The van der Waals surface area contributed by atoms with Crippen molar-refractivity contribution in [1.29, 1.82) is 0 Å². The first-order chi connectivity index (χ1) is 12.0. The van der Waals surface area contributed by atoms with E-state index in [1.165, 1.54) is 19.3 Å². The molecule has 0 radical (unpaired) electrons. The lowest BCUT2D eigenvalue weighted by Gasteiger charge is -2.43. The summed E-state index contributed by atoms with van der Waals surface area (Å²) in [6, 6.07) is 0.518. The molecule has 1 aromatic rings. The Kier molecular flexibility index (Phi) is 5.92. The average Bonchev–Trinajstić information content (AvgIpc) is 2.97. The number of nitrogens with one attached hydrogen (secondary N) is 1. The zero-order valence-corrected chi connectivity index (χ0v) is 16.7. The predicted octanol–water partition coefficient (Wildman–Crippen LogP) is 2.41. The van der Waals surface area contributed by atoms with Gasteiger partial charge in [0.05, 0.1) is 0 Å². The number of halogens is 1. The van der Waals surface area contributed by atoms with Crippen LogP contribution >= 0.6 is 12.4 Å². The molecule has 2 aliphatic carbocycles. The maximum absolute atomic E-state index is 12.9. The largest absolute Gasteiger partial charge is 0.351 e. The number of hydrogen-bond donors (Lipinski definition) is 2. The van der Waals surface area contributed by atoms with Crippen LogP contribution in [0, 0.1) is 17.8 Å². The molecule has 0 saturated heterocycles. The number of amides is 1. The Labute approximate surface area is 162 Å². The molecule has 2 heterocycles. The van der Waals surface area contributed by atoms with Gasteiger partial charge in [0.2, 0.25) is 5.91 Å². The fourth-order valence-electron chi connectivity index (χ4n) is 5.22. The van der Waals surface area contributed by atoms with Crippen LogP contribution in [0.2, 0.25) is 0 Å². The zero-order chi connectivity index (χ0) is 17.6. The lowest BCUT2D eigenvalue weighted by molar-refractivity contribution is -0.128. The molecule has 7 heteroatoms. The van der Waals surface area contributed by atoms with Gasteiger partial charge in [0.25, 0.3) is 0 Å². The van der Waals surface area contributed by atoms with E-state index in [1.807, 2.05) is 0 Å². The fourth-order valence-corrected chi connectivity index (χ4v) is 5.22. The van der Waals surface area contributed by atoms with Crippen molar-refractivity contribution in [2.45, 2.75) is 83.3 Å². The van der Waals surface area contributed by atoms with E-state index in [9.17, 15) is 4.79 Å². The first kappa shape index (κ1) is 19.6. The number of nitrogens with zero attached hydrogens (tertiary/aromatic N) is 3. The summed E-state index contributed by atoms with van der Waals surface area (Å²) < 4.78 is 2.21. The molecule has 1 amide bonds. The van der Waals surface area contributed by atoms with Gasteiger partial charge in [-0.2, -0.15) is 0 Å². The van der Waals surface area contributed by atoms with E-state index < -0.39 is 0 Å². The molecule has 1 aliphatic heterocycles. The topological polar surface area (TPSA) is 85.8 Å². The molecule has 3 N–H and O–H groups in total. The monoisotopic (exact) mass is 381 g/mol. The van der Waals surface area contributed by atoms with Crippen molar-refractivity contribution in [3.05, 3.63) is 11.6 Å². The van der Waals surface area contributed by atoms with E-state index in [0.29, 0.717) is 23.8 Å². The molecule has 4 rings (SSSR count). The van der Waals surface area contributed by atoms with Gasteiger partial charge in [-0.25, -0.2) is 0 Å². The molecule has 146 valence electrons. The quantitative estimate of drug-likeness (QED) is 0.841. The number of hydrogen-bond acceptors (Lipinski definition) is 4. The van der Waals surface area contributed by atoms with Crippen LogP contribution < -0.4 is 11.1 Å². The smallest absolute Gasteiger partial charge is 0.223 e. The van der Waals surface area contributed by atoms with Gasteiger partial charge in [-0.1, -0.05) is 20.3 Å². The number of nitrogens with two attached hydrogens (primary N) is 1. The van der Waals surface area contributed by atoms with Gasteiger partial charge >= 0.3 is 0 Å². The second-order valence-electron chi connectivity index (χ2n) is 8.68. The van der Waals surface area contributed by atoms with E-state index >= 15 is 0 Å². The molecule has 6 nitrogen and oxygen atoms in total. The number of rotatable bonds is 3. The second-order valence-corrected chi connectivity index (χ2v) is 8.68. The summed E-state index contributed by atoms with van der Waals surface area (Å²) in [4.78, 5) is 12.9. The van der Waals surface area contributed by atoms with Gasteiger partial charge < -0.3 is 15.6 Å². The van der Waals surface area contributed by atoms with E-state index in [4.69, 9.17) is 5.73 Å². The summed E-state index contributed by atoms with van der Waals surface area (Å²) in [5.74, 6) is 3.95. The van der Waals surface area contributed by atoms with Crippen LogP contribution in [0.1, 0.15) is 69.9 Å². The van der Waals surface area contributed by atoms with E-state index in [1.54, 1.807) is 0 Å². The first-order valence-corrected chi connectivity index (χ1v) is 10.0. The van der Waals surface area contributed by atoms with Crippen molar-refractivity contribution >= 4 is 18.3 Å². The Morgan fingerprint density at radius 3 is 2.54 bits per heavy atom. The Morgan fingerprint density at radius 2 is 1.88 bits per heavy atom. The van der Waals surface area contributed by atoms with Gasteiger partial charge in [-0.15, -0.1) is 22.6 Å². The van der Waals surface area contributed by atoms with Crippen molar-refractivity contribution in [1.82, 2.24) is 20.1 Å². The molecule has 0 spiro atoms. The van der Waals surface area contributed by atoms with Crippen LogP contribution in [0.15, 0.2) is 0 Å². The lowest BCUT2D eigenvalue weighted by atomic mass is 9.65. The van der Waals surface area contributed by atoms with Crippen LogP contribution in [0.5, 0.6) is 0 Å². The van der Waals surface area contributed by atoms with Crippen molar-refractivity contribution in [2.75, 3.05) is 0 Å². The highest BCUT2D eigenvalue weighted by Gasteiger charge is 2.41. The summed E-state index contributed by atoms with van der Waals surface area (Å²) in [5, 5.41) is 12.0. The molecule has 3 aliphatic rings. The second kappa shape index (κ2) is 7.85. The summed E-state index contributed by atoms with van der Waals surface area (Å²) in [6.45, 7) is 5.09. The third-order valence-electron chi connectivity index (χ3n) is 6.62. The molecule has 2 fully saturated rings. The molecule has 2 saturated carbocycles. The maximum atomic E-state index is 12.9. The highest BCUT2D eigenvalue weighted by Crippen LogP contribution is 2.42. The minimum atomic E-state index is 0. The standard InChI is InChI=1S/C19H31N5O.ClH/c1-11(2)18-23-22-16-7-6-15(10-24(16)18)21-19(25)14-8-12-4-3-5-13(9-14)17(12)20;/h11-15,17H,3-10,20H2,1-2H3,(H,21,25);1H. The van der Waals surface area contributed by atoms with Crippen molar-refractivity contribution in [3.63, 3.8) is 0 Å². The maximum Gasteiger partial charge on any atom is 0.223 e. The number of carbonyl (C=O) groups is 1. The number of aromatic nitrogens is 3.